The van der Waals surface area contributed by atoms with Crippen LogP contribution in [0, 0.1) is 18.3 Å². The number of methoxy groups -OCH3 is 1. The zero-order valence-corrected chi connectivity index (χ0v) is 11.4. The van der Waals surface area contributed by atoms with Gasteiger partial charge in [0.15, 0.2) is 0 Å². The molecule has 0 saturated heterocycles. The second kappa shape index (κ2) is 5.35. The molecule has 2 nitrogen and oxygen atoms in total. The first-order valence-corrected chi connectivity index (χ1v) is 5.98. The van der Waals surface area contributed by atoms with Crippen LogP contribution < -0.4 is 0 Å². The maximum absolute atomic E-state index is 11.8. The Balaban J connectivity index is 2.91. The fourth-order valence-corrected chi connectivity index (χ4v) is 1.96. The molecule has 0 aromatic heterocycles. The Morgan fingerprint density at radius 2 is 2.00 bits per heavy atom. The van der Waals surface area contributed by atoms with Crippen LogP contribution >= 0.6 is 0 Å². The van der Waals surface area contributed by atoms with Crippen molar-refractivity contribution in [3.63, 3.8) is 0 Å². The van der Waals surface area contributed by atoms with E-state index >= 15 is 0 Å². The summed E-state index contributed by atoms with van der Waals surface area (Å²) in [5.41, 5.74) is 2.33. The average Bonchev–Trinajstić information content (AvgIpc) is 2.23. The van der Waals surface area contributed by atoms with E-state index in [1.165, 1.54) is 18.2 Å². The monoisotopic (exact) mass is 234 g/mol. The fraction of sp³-hybridized carbons (Fsp3) is 0.533. The predicted octanol–water partition coefficient (Wildman–Crippen LogP) is 3.37. The molecule has 94 valence electrons. The van der Waals surface area contributed by atoms with E-state index in [0.29, 0.717) is 0 Å². The Hall–Kier alpha value is -1.31. The number of benzene rings is 1. The lowest BCUT2D eigenvalue weighted by Crippen LogP contribution is -2.31. The molecule has 2 heteroatoms. The van der Waals surface area contributed by atoms with Crippen molar-refractivity contribution in [2.24, 2.45) is 11.3 Å². The highest BCUT2D eigenvalue weighted by Gasteiger charge is 2.32. The standard InChI is InChI=1S/C15H22O2/c1-11-7-6-8-12(9-11)10-13(14(16)17-5)15(2,3)4/h6-9,13H,10H2,1-5H3/t13-/m1/s1. The third kappa shape index (κ3) is 3.88. The molecule has 0 aliphatic heterocycles. The summed E-state index contributed by atoms with van der Waals surface area (Å²) in [5, 5.41) is 0. The van der Waals surface area contributed by atoms with E-state index < -0.39 is 0 Å². The highest BCUT2D eigenvalue weighted by molar-refractivity contribution is 5.73. The number of ether oxygens (including phenoxy) is 1. The minimum Gasteiger partial charge on any atom is -0.469 e. The van der Waals surface area contributed by atoms with Gasteiger partial charge in [-0.2, -0.15) is 0 Å². The van der Waals surface area contributed by atoms with Gasteiger partial charge in [-0.05, 0) is 24.3 Å². The second-order valence-corrected chi connectivity index (χ2v) is 5.63. The highest BCUT2D eigenvalue weighted by Crippen LogP contribution is 2.30. The third-order valence-electron chi connectivity index (χ3n) is 3.05. The summed E-state index contributed by atoms with van der Waals surface area (Å²) in [6, 6.07) is 8.28. The molecular formula is C15H22O2. The SMILES string of the molecule is COC(=O)[C@@H](Cc1cccc(C)c1)C(C)(C)C. The molecule has 0 bridgehead atoms. The third-order valence-corrected chi connectivity index (χ3v) is 3.05. The lowest BCUT2D eigenvalue weighted by Gasteiger charge is -2.28. The maximum atomic E-state index is 11.8. The van der Waals surface area contributed by atoms with Crippen LogP contribution in [0.3, 0.4) is 0 Å². The van der Waals surface area contributed by atoms with Gasteiger partial charge in [0, 0.05) is 0 Å². The molecule has 1 rings (SSSR count). The predicted molar refractivity (Wildman–Crippen MR) is 69.8 cm³/mol. The van der Waals surface area contributed by atoms with Crippen molar-refractivity contribution in [1.29, 1.82) is 0 Å². The summed E-state index contributed by atoms with van der Waals surface area (Å²) >= 11 is 0. The minimum atomic E-state index is -0.126. The Morgan fingerprint density at radius 1 is 1.35 bits per heavy atom. The lowest BCUT2D eigenvalue weighted by atomic mass is 9.77. The molecule has 0 heterocycles. The first kappa shape index (κ1) is 13.8. The van der Waals surface area contributed by atoms with E-state index in [4.69, 9.17) is 4.74 Å². The number of carbonyl (C=O) groups is 1. The summed E-state index contributed by atoms with van der Waals surface area (Å²) in [6.45, 7) is 8.28. The van der Waals surface area contributed by atoms with Gasteiger partial charge in [0.2, 0.25) is 0 Å². The molecule has 1 aromatic carbocycles. The van der Waals surface area contributed by atoms with Crippen LogP contribution in [0.25, 0.3) is 0 Å². The summed E-state index contributed by atoms with van der Waals surface area (Å²) in [6.07, 6.45) is 0.734. The molecule has 1 aromatic rings. The van der Waals surface area contributed by atoms with Crippen LogP contribution in [-0.2, 0) is 16.0 Å². The molecule has 0 spiro atoms. The lowest BCUT2D eigenvalue weighted by molar-refractivity contribution is -0.149. The van der Waals surface area contributed by atoms with Crippen molar-refractivity contribution in [2.45, 2.75) is 34.1 Å². The van der Waals surface area contributed by atoms with Crippen molar-refractivity contribution in [3.8, 4) is 0 Å². The smallest absolute Gasteiger partial charge is 0.309 e. The van der Waals surface area contributed by atoms with Gasteiger partial charge in [-0.3, -0.25) is 4.79 Å². The molecule has 0 aliphatic carbocycles. The van der Waals surface area contributed by atoms with Gasteiger partial charge in [0.25, 0.3) is 0 Å². The van der Waals surface area contributed by atoms with Crippen molar-refractivity contribution >= 4 is 5.97 Å². The van der Waals surface area contributed by atoms with Crippen LogP contribution in [0.15, 0.2) is 24.3 Å². The summed E-state index contributed by atoms with van der Waals surface area (Å²) < 4.78 is 4.90. The molecular weight excluding hydrogens is 212 g/mol. The Labute approximate surface area is 104 Å². The highest BCUT2D eigenvalue weighted by atomic mass is 16.5. The molecule has 0 amide bonds. The molecule has 1 atom stereocenters. The quantitative estimate of drug-likeness (QED) is 0.749. The van der Waals surface area contributed by atoms with E-state index in [1.807, 2.05) is 6.07 Å². The molecule has 0 radical (unpaired) electrons. The Morgan fingerprint density at radius 3 is 2.47 bits per heavy atom. The molecule has 0 saturated carbocycles. The largest absolute Gasteiger partial charge is 0.469 e. The zero-order chi connectivity index (χ0) is 13.1. The van der Waals surface area contributed by atoms with Crippen LogP contribution in [0.1, 0.15) is 31.9 Å². The van der Waals surface area contributed by atoms with Gasteiger partial charge < -0.3 is 4.74 Å². The van der Waals surface area contributed by atoms with Gasteiger partial charge in [-0.25, -0.2) is 0 Å². The van der Waals surface area contributed by atoms with E-state index in [1.54, 1.807) is 0 Å². The van der Waals surface area contributed by atoms with Crippen LogP contribution in [0.4, 0.5) is 0 Å². The van der Waals surface area contributed by atoms with E-state index in [0.717, 1.165) is 6.42 Å². The van der Waals surface area contributed by atoms with Crippen LogP contribution in [-0.4, -0.2) is 13.1 Å². The first-order chi connectivity index (χ1) is 7.84. The van der Waals surface area contributed by atoms with Gasteiger partial charge in [-0.15, -0.1) is 0 Å². The van der Waals surface area contributed by atoms with Crippen LogP contribution in [0.2, 0.25) is 0 Å². The summed E-state index contributed by atoms with van der Waals surface area (Å²) in [4.78, 5) is 11.8. The zero-order valence-electron chi connectivity index (χ0n) is 11.4. The first-order valence-electron chi connectivity index (χ1n) is 5.98. The maximum Gasteiger partial charge on any atom is 0.309 e. The Bertz CT molecular complexity index is 388. The van der Waals surface area contributed by atoms with Gasteiger partial charge in [-0.1, -0.05) is 50.6 Å². The number of hydrogen-bond donors (Lipinski definition) is 0. The van der Waals surface area contributed by atoms with Crippen molar-refractivity contribution in [3.05, 3.63) is 35.4 Å². The molecule has 17 heavy (non-hydrogen) atoms. The molecule has 0 aliphatic rings. The van der Waals surface area contributed by atoms with Crippen molar-refractivity contribution in [1.82, 2.24) is 0 Å². The summed E-state index contributed by atoms with van der Waals surface area (Å²) in [5.74, 6) is -0.228. The topological polar surface area (TPSA) is 26.3 Å². The van der Waals surface area contributed by atoms with Crippen molar-refractivity contribution < 1.29 is 9.53 Å². The number of esters is 1. The number of carbonyl (C=O) groups excluding carboxylic acids is 1. The number of hydrogen-bond acceptors (Lipinski definition) is 2. The van der Waals surface area contributed by atoms with Gasteiger partial charge in [0.1, 0.15) is 0 Å². The van der Waals surface area contributed by atoms with E-state index in [-0.39, 0.29) is 17.3 Å². The molecule has 0 unspecified atom stereocenters. The minimum absolute atomic E-state index is 0.0865. The normalized spacial score (nSPS) is 13.2. The number of rotatable bonds is 3. The average molecular weight is 234 g/mol. The van der Waals surface area contributed by atoms with Crippen LogP contribution in [0.5, 0.6) is 0 Å². The second-order valence-electron chi connectivity index (χ2n) is 5.63. The molecule has 0 fully saturated rings. The fourth-order valence-electron chi connectivity index (χ4n) is 1.96. The van der Waals surface area contributed by atoms with Crippen molar-refractivity contribution in [2.75, 3.05) is 7.11 Å². The molecule has 0 N–H and O–H groups in total. The van der Waals surface area contributed by atoms with Gasteiger partial charge in [0.05, 0.1) is 13.0 Å². The van der Waals surface area contributed by atoms with Gasteiger partial charge >= 0.3 is 5.97 Å². The summed E-state index contributed by atoms with van der Waals surface area (Å²) in [7, 11) is 1.46. The number of aryl methyl sites for hydroxylation is 1. The van der Waals surface area contributed by atoms with E-state index in [2.05, 4.69) is 45.9 Å². The Kier molecular flexibility index (Phi) is 4.33. The van der Waals surface area contributed by atoms with E-state index in [9.17, 15) is 4.79 Å².